The van der Waals surface area contributed by atoms with E-state index >= 15 is 0 Å². The number of methoxy groups -OCH3 is 1. The molecule has 2 atom stereocenters. The lowest BCUT2D eigenvalue weighted by molar-refractivity contribution is 0.159. The number of anilines is 1. The summed E-state index contributed by atoms with van der Waals surface area (Å²) in [5, 5.41) is 10.4. The predicted molar refractivity (Wildman–Crippen MR) is 147 cm³/mol. The van der Waals surface area contributed by atoms with Gasteiger partial charge in [-0.3, -0.25) is 10.2 Å². The maximum atomic E-state index is 14.1. The van der Waals surface area contributed by atoms with Crippen LogP contribution in [0, 0.1) is 18.6 Å². The summed E-state index contributed by atoms with van der Waals surface area (Å²) in [5.41, 5.74) is 1.84. The van der Waals surface area contributed by atoms with Gasteiger partial charge in [0.2, 0.25) is 5.88 Å². The number of carbonyl (C=O) groups is 1. The number of amides is 2. The Bertz CT molecular complexity index is 1380. The molecule has 216 valence electrons. The number of para-hydroxylation sites is 1. The van der Waals surface area contributed by atoms with Gasteiger partial charge in [-0.2, -0.15) is 0 Å². The zero-order chi connectivity index (χ0) is 28.6. The fraction of sp³-hybridized carbons (Fsp3) is 0.407. The third-order valence-corrected chi connectivity index (χ3v) is 7.41. The van der Waals surface area contributed by atoms with Crippen LogP contribution in [0.5, 0.6) is 5.88 Å². The summed E-state index contributed by atoms with van der Waals surface area (Å²) in [5.74, 6) is -1.48. The number of carbonyl (C=O) groups excluding carboxylic acids is 1. The molecule has 1 aliphatic rings. The Hall–Kier alpha value is -3.55. The van der Waals surface area contributed by atoms with Crippen LogP contribution in [0.4, 0.5) is 19.4 Å². The normalized spacial score (nSPS) is 17.3. The van der Waals surface area contributed by atoms with Crippen LogP contribution in [-0.4, -0.2) is 80.9 Å². The number of thiol groups is 1. The van der Waals surface area contributed by atoms with Crippen molar-refractivity contribution >= 4 is 22.6 Å². The summed E-state index contributed by atoms with van der Waals surface area (Å²) < 4.78 is 61.9. The Balaban J connectivity index is 1.54. The molecule has 40 heavy (non-hydrogen) atoms. The predicted octanol–water partition coefficient (Wildman–Crippen LogP) is 3.08. The number of urea groups is 1. The number of likely N-dealkylation sites (tertiary alicyclic amines) is 1. The smallest absolute Gasteiger partial charge is 0.320 e. The first-order chi connectivity index (χ1) is 19.3. The minimum absolute atomic E-state index is 0.00317. The monoisotopic (exact) mass is 577 g/mol. The Labute approximate surface area is 233 Å². The largest absolute Gasteiger partial charge is 0.476 e. The summed E-state index contributed by atoms with van der Waals surface area (Å²) in [7, 11) is -0.892. The molecule has 3 aromatic rings. The van der Waals surface area contributed by atoms with Gasteiger partial charge in [0.15, 0.2) is 11.6 Å². The number of nitrogens with one attached hydrogen (secondary N) is 2. The molecule has 0 unspecified atom stereocenters. The Morgan fingerprint density at radius 3 is 2.58 bits per heavy atom. The SMILES string of the molecule is COCCN1C[C@@H](NC(=O)Nc2c(C)c(OCCC[SH](=O)=O)nn2-c2ccccc2)[C@H](c2ccc(F)c(F)c2)C1. The molecular formula is C27H33F2N5O5S. The van der Waals surface area contributed by atoms with E-state index in [0.29, 0.717) is 55.3 Å². The van der Waals surface area contributed by atoms with Crippen LogP contribution in [0.1, 0.15) is 23.5 Å². The molecule has 2 heterocycles. The van der Waals surface area contributed by atoms with Crippen LogP contribution in [0.25, 0.3) is 5.69 Å². The molecular weight excluding hydrogens is 544 g/mol. The summed E-state index contributed by atoms with van der Waals surface area (Å²) in [6.45, 7) is 4.04. The second-order valence-corrected chi connectivity index (χ2v) is 10.6. The molecule has 0 bridgehead atoms. The molecule has 2 amide bonds. The van der Waals surface area contributed by atoms with Crippen molar-refractivity contribution < 1.29 is 31.5 Å². The van der Waals surface area contributed by atoms with Crippen molar-refractivity contribution in [1.29, 1.82) is 0 Å². The van der Waals surface area contributed by atoms with Crippen LogP contribution in [-0.2, 0) is 15.4 Å². The summed E-state index contributed by atoms with van der Waals surface area (Å²) >= 11 is 0. The van der Waals surface area contributed by atoms with Crippen LogP contribution in [0.2, 0.25) is 0 Å². The molecule has 1 fully saturated rings. The van der Waals surface area contributed by atoms with E-state index in [1.54, 1.807) is 18.7 Å². The number of rotatable bonds is 12. The van der Waals surface area contributed by atoms with E-state index in [0.717, 1.165) is 6.07 Å². The number of hydrogen-bond donors (Lipinski definition) is 3. The summed E-state index contributed by atoms with van der Waals surface area (Å²) in [6, 6.07) is 12.1. The number of halogens is 2. The third-order valence-electron chi connectivity index (χ3n) is 6.73. The third kappa shape index (κ3) is 7.34. The highest BCUT2D eigenvalue weighted by Crippen LogP contribution is 2.31. The van der Waals surface area contributed by atoms with Crippen LogP contribution < -0.4 is 15.4 Å². The van der Waals surface area contributed by atoms with Crippen molar-refractivity contribution in [2.45, 2.75) is 25.3 Å². The van der Waals surface area contributed by atoms with E-state index in [1.165, 1.54) is 12.1 Å². The molecule has 1 aromatic heterocycles. The molecule has 0 aliphatic carbocycles. The standard InChI is InChI=1S/C27H33F2N5O5S/c1-18-25(34(20-7-4-3-5-8-20)32-26(18)39-12-6-14-40(36)37)31-27(35)30-24-17-33(11-13-38-2)16-21(24)19-9-10-22(28)23(29)15-19/h3-5,7-10,15,21,24,40H,6,11-14,16-17H2,1-2H3,(H2,30,31,35)/t21-,24+/m0/s1. The molecule has 2 aromatic carbocycles. The lowest BCUT2D eigenvalue weighted by Crippen LogP contribution is -2.42. The molecule has 0 spiro atoms. The van der Waals surface area contributed by atoms with Gasteiger partial charge in [0.25, 0.3) is 0 Å². The number of benzene rings is 2. The van der Waals surface area contributed by atoms with Gasteiger partial charge in [-0.05, 0) is 43.2 Å². The van der Waals surface area contributed by atoms with Crippen molar-refractivity contribution in [2.75, 3.05) is 51.0 Å². The highest BCUT2D eigenvalue weighted by atomic mass is 32.2. The topological polar surface area (TPSA) is 115 Å². The lowest BCUT2D eigenvalue weighted by Gasteiger charge is -2.21. The molecule has 0 radical (unpaired) electrons. The average Bonchev–Trinajstić information content (AvgIpc) is 3.47. The first kappa shape index (κ1) is 29.4. The second kappa shape index (κ2) is 13.7. The van der Waals surface area contributed by atoms with Crippen LogP contribution in [0.15, 0.2) is 48.5 Å². The molecule has 4 rings (SSSR count). The van der Waals surface area contributed by atoms with Crippen molar-refractivity contribution in [2.24, 2.45) is 0 Å². The van der Waals surface area contributed by atoms with Gasteiger partial charge in [-0.25, -0.2) is 26.7 Å². The van der Waals surface area contributed by atoms with Crippen LogP contribution in [0.3, 0.4) is 0 Å². The van der Waals surface area contributed by atoms with Crippen molar-refractivity contribution in [3.63, 3.8) is 0 Å². The number of nitrogens with zero attached hydrogens (tertiary/aromatic N) is 3. The molecule has 1 saturated heterocycles. The quantitative estimate of drug-likeness (QED) is 0.224. The minimum Gasteiger partial charge on any atom is -0.476 e. The number of aromatic nitrogens is 2. The highest BCUT2D eigenvalue weighted by molar-refractivity contribution is 7.72. The summed E-state index contributed by atoms with van der Waals surface area (Å²) in [4.78, 5) is 15.4. The van der Waals surface area contributed by atoms with Crippen LogP contribution >= 0.6 is 0 Å². The first-order valence-corrected chi connectivity index (χ1v) is 14.3. The van der Waals surface area contributed by atoms with E-state index < -0.39 is 28.4 Å². The second-order valence-electron chi connectivity index (χ2n) is 9.52. The van der Waals surface area contributed by atoms with Crippen molar-refractivity contribution in [1.82, 2.24) is 20.0 Å². The van der Waals surface area contributed by atoms with Gasteiger partial charge >= 0.3 is 6.03 Å². The molecule has 2 N–H and O–H groups in total. The van der Waals surface area contributed by atoms with Crippen molar-refractivity contribution in [3.05, 3.63) is 71.3 Å². The fourth-order valence-electron chi connectivity index (χ4n) is 4.71. The van der Waals surface area contributed by atoms with E-state index in [2.05, 4.69) is 20.6 Å². The van der Waals surface area contributed by atoms with Gasteiger partial charge in [-0.1, -0.05) is 24.3 Å². The zero-order valence-corrected chi connectivity index (χ0v) is 23.2. The summed E-state index contributed by atoms with van der Waals surface area (Å²) in [6.07, 6.45) is 0.312. The Kier molecular flexibility index (Phi) is 10.1. The van der Waals surface area contributed by atoms with E-state index in [-0.39, 0.29) is 30.2 Å². The Morgan fingerprint density at radius 1 is 1.10 bits per heavy atom. The lowest BCUT2D eigenvalue weighted by atomic mass is 9.94. The Morgan fingerprint density at radius 2 is 1.88 bits per heavy atom. The number of ether oxygens (including phenoxy) is 2. The minimum atomic E-state index is -2.50. The molecule has 10 nitrogen and oxygen atoms in total. The van der Waals surface area contributed by atoms with Gasteiger partial charge in [0, 0.05) is 32.7 Å². The number of hydrogen-bond acceptors (Lipinski definition) is 7. The maximum Gasteiger partial charge on any atom is 0.320 e. The van der Waals surface area contributed by atoms with E-state index in [4.69, 9.17) is 9.47 Å². The van der Waals surface area contributed by atoms with Gasteiger partial charge < -0.3 is 14.8 Å². The van der Waals surface area contributed by atoms with E-state index in [9.17, 15) is 22.0 Å². The van der Waals surface area contributed by atoms with Gasteiger partial charge in [-0.15, -0.1) is 5.10 Å². The molecule has 0 saturated carbocycles. The first-order valence-electron chi connectivity index (χ1n) is 12.9. The van der Waals surface area contributed by atoms with Crippen molar-refractivity contribution in [3.8, 4) is 11.6 Å². The molecule has 13 heteroatoms. The average molecular weight is 578 g/mol. The highest BCUT2D eigenvalue weighted by Gasteiger charge is 2.35. The van der Waals surface area contributed by atoms with Gasteiger partial charge in [0.05, 0.1) is 36.3 Å². The van der Waals surface area contributed by atoms with E-state index in [1.807, 2.05) is 30.3 Å². The fourth-order valence-corrected chi connectivity index (χ4v) is 5.09. The molecule has 1 aliphatic heterocycles. The maximum absolute atomic E-state index is 14.1. The zero-order valence-electron chi connectivity index (χ0n) is 22.3. The van der Waals surface area contributed by atoms with Gasteiger partial charge in [0.1, 0.15) is 16.5 Å².